The largest absolute Gasteiger partial charge is 0.496 e. The van der Waals surface area contributed by atoms with E-state index in [1.165, 1.54) is 12.8 Å². The second-order valence-corrected chi connectivity index (χ2v) is 7.64. The zero-order chi connectivity index (χ0) is 18.7. The molecule has 0 spiro atoms. The van der Waals surface area contributed by atoms with Crippen molar-refractivity contribution in [1.82, 2.24) is 10.2 Å². The number of benzene rings is 1. The van der Waals surface area contributed by atoms with Gasteiger partial charge in [0.05, 0.1) is 20.1 Å². The number of ether oxygens (including phenoxy) is 1. The Balaban J connectivity index is 1.45. The molecular formula is C20H28N2O4. The lowest BCUT2D eigenvalue weighted by Crippen LogP contribution is -2.55. The predicted octanol–water partition coefficient (Wildman–Crippen LogP) is 1.99. The molecule has 0 aliphatic heterocycles. The maximum atomic E-state index is 12.3. The normalized spacial score (nSPS) is 22.0. The number of aliphatic carboxylic acids is 1. The lowest BCUT2D eigenvalue weighted by molar-refractivity contribution is -0.140. The first-order chi connectivity index (χ1) is 12.4. The van der Waals surface area contributed by atoms with Gasteiger partial charge in [-0.2, -0.15) is 0 Å². The molecule has 2 aliphatic rings. The molecule has 0 unspecified atom stereocenters. The summed E-state index contributed by atoms with van der Waals surface area (Å²) < 4.78 is 5.30. The van der Waals surface area contributed by atoms with Crippen molar-refractivity contribution in [2.75, 3.05) is 20.2 Å². The number of carbonyl (C=O) groups is 2. The van der Waals surface area contributed by atoms with Crippen molar-refractivity contribution >= 4 is 11.9 Å². The van der Waals surface area contributed by atoms with E-state index in [0.717, 1.165) is 36.3 Å². The van der Waals surface area contributed by atoms with Crippen LogP contribution in [0.15, 0.2) is 18.2 Å². The average Bonchev–Trinajstić information content (AvgIpc) is 3.35. The second-order valence-electron chi connectivity index (χ2n) is 7.64. The molecule has 3 rings (SSSR count). The van der Waals surface area contributed by atoms with Gasteiger partial charge in [-0.3, -0.25) is 14.5 Å². The molecule has 2 fully saturated rings. The summed E-state index contributed by atoms with van der Waals surface area (Å²) in [6, 6.07) is 6.24. The van der Waals surface area contributed by atoms with E-state index in [1.807, 2.05) is 25.1 Å². The number of nitrogens with zero attached hydrogens (tertiary/aromatic N) is 1. The first-order valence-corrected chi connectivity index (χ1v) is 9.33. The number of methoxy groups -OCH3 is 1. The van der Waals surface area contributed by atoms with Crippen LogP contribution < -0.4 is 10.1 Å². The summed E-state index contributed by atoms with van der Waals surface area (Å²) in [5.74, 6) is 0.695. The molecule has 6 heteroatoms. The van der Waals surface area contributed by atoms with Gasteiger partial charge in [-0.15, -0.1) is 0 Å². The van der Waals surface area contributed by atoms with Crippen molar-refractivity contribution in [3.63, 3.8) is 0 Å². The number of rotatable bonds is 9. The highest BCUT2D eigenvalue weighted by Gasteiger charge is 2.37. The van der Waals surface area contributed by atoms with Gasteiger partial charge in [-0.05, 0) is 55.7 Å². The first kappa shape index (κ1) is 18.7. The Morgan fingerprint density at radius 3 is 2.65 bits per heavy atom. The molecule has 26 heavy (non-hydrogen) atoms. The topological polar surface area (TPSA) is 78.9 Å². The monoisotopic (exact) mass is 360 g/mol. The summed E-state index contributed by atoms with van der Waals surface area (Å²) in [4.78, 5) is 25.4. The zero-order valence-electron chi connectivity index (χ0n) is 15.5. The number of carboxylic acid groups (broad SMARTS) is 1. The molecule has 0 aromatic heterocycles. The maximum absolute atomic E-state index is 12.3. The van der Waals surface area contributed by atoms with Crippen LogP contribution in [0.3, 0.4) is 0 Å². The van der Waals surface area contributed by atoms with Crippen LogP contribution in [0.25, 0.3) is 0 Å². The minimum Gasteiger partial charge on any atom is -0.496 e. The van der Waals surface area contributed by atoms with Crippen LogP contribution in [0.1, 0.15) is 36.8 Å². The molecule has 0 radical (unpaired) electrons. The fourth-order valence-electron chi connectivity index (χ4n) is 3.59. The minimum absolute atomic E-state index is 0.00586. The summed E-state index contributed by atoms with van der Waals surface area (Å²) >= 11 is 0. The Morgan fingerprint density at radius 1 is 1.31 bits per heavy atom. The van der Waals surface area contributed by atoms with E-state index in [2.05, 4.69) is 10.2 Å². The van der Waals surface area contributed by atoms with E-state index in [0.29, 0.717) is 12.3 Å². The van der Waals surface area contributed by atoms with Crippen molar-refractivity contribution in [2.24, 2.45) is 5.92 Å². The Morgan fingerprint density at radius 2 is 2.04 bits per heavy atom. The lowest BCUT2D eigenvalue weighted by atomic mass is 9.85. The van der Waals surface area contributed by atoms with E-state index in [4.69, 9.17) is 9.84 Å². The molecule has 142 valence electrons. The third-order valence-corrected chi connectivity index (χ3v) is 5.36. The third kappa shape index (κ3) is 4.97. The van der Waals surface area contributed by atoms with E-state index in [-0.39, 0.29) is 24.5 Å². The van der Waals surface area contributed by atoms with E-state index in [9.17, 15) is 9.59 Å². The molecule has 0 bridgehead atoms. The molecule has 0 saturated heterocycles. The molecule has 2 saturated carbocycles. The first-order valence-electron chi connectivity index (χ1n) is 9.33. The fraction of sp³-hybridized carbons (Fsp3) is 0.600. The molecule has 0 heterocycles. The molecule has 6 nitrogen and oxygen atoms in total. The highest BCUT2D eigenvalue weighted by Crippen LogP contribution is 2.33. The third-order valence-electron chi connectivity index (χ3n) is 5.36. The molecular weight excluding hydrogens is 332 g/mol. The predicted molar refractivity (Wildman–Crippen MR) is 98.3 cm³/mol. The molecule has 0 atom stereocenters. The number of nitrogens with one attached hydrogen (secondary N) is 1. The molecule has 2 N–H and O–H groups in total. The summed E-state index contributed by atoms with van der Waals surface area (Å²) in [5, 5.41) is 12.2. The molecule has 1 aromatic carbocycles. The number of carbonyl (C=O) groups excluding carboxylic acids is 1. The smallest absolute Gasteiger partial charge is 0.317 e. The Kier molecular flexibility index (Phi) is 5.81. The summed E-state index contributed by atoms with van der Waals surface area (Å²) in [7, 11) is 1.63. The van der Waals surface area contributed by atoms with Gasteiger partial charge < -0.3 is 15.2 Å². The van der Waals surface area contributed by atoms with Gasteiger partial charge >= 0.3 is 5.97 Å². The van der Waals surface area contributed by atoms with Crippen LogP contribution in [-0.2, 0) is 16.0 Å². The van der Waals surface area contributed by atoms with Gasteiger partial charge in [0.15, 0.2) is 0 Å². The van der Waals surface area contributed by atoms with Crippen LogP contribution in [0, 0.1) is 12.8 Å². The lowest BCUT2D eigenvalue weighted by Gasteiger charge is -2.42. The summed E-state index contributed by atoms with van der Waals surface area (Å²) in [6.07, 6.45) is 4.43. The quantitative estimate of drug-likeness (QED) is 0.704. The average molecular weight is 360 g/mol. The van der Waals surface area contributed by atoms with Crippen LogP contribution in [0.2, 0.25) is 0 Å². The highest BCUT2D eigenvalue weighted by atomic mass is 16.5. The van der Waals surface area contributed by atoms with Crippen molar-refractivity contribution in [2.45, 2.75) is 51.1 Å². The highest BCUT2D eigenvalue weighted by molar-refractivity contribution is 5.79. The number of aryl methyl sites for hydroxylation is 1. The van der Waals surface area contributed by atoms with E-state index < -0.39 is 5.97 Å². The Labute approximate surface area is 154 Å². The fourth-order valence-corrected chi connectivity index (χ4v) is 3.59. The van der Waals surface area contributed by atoms with Crippen LogP contribution in [0.5, 0.6) is 5.75 Å². The zero-order valence-corrected chi connectivity index (χ0v) is 15.5. The standard InChI is InChI=1S/C20H28N2O4/c1-13-3-4-15(7-18(13)26-2)8-19(23)21-16-9-17(10-16)22(12-20(24)25)11-14-5-6-14/h3-4,7,14,16-17H,5-6,8-12H2,1-2H3,(H,21,23)(H,24,25). The number of carboxylic acids is 1. The van der Waals surface area contributed by atoms with Gasteiger partial charge in [-0.25, -0.2) is 0 Å². The van der Waals surface area contributed by atoms with Crippen molar-refractivity contribution in [3.8, 4) is 5.75 Å². The van der Waals surface area contributed by atoms with Crippen molar-refractivity contribution < 1.29 is 19.4 Å². The van der Waals surface area contributed by atoms with E-state index in [1.54, 1.807) is 7.11 Å². The van der Waals surface area contributed by atoms with Gasteiger partial charge in [-0.1, -0.05) is 12.1 Å². The van der Waals surface area contributed by atoms with Gasteiger partial charge in [0.25, 0.3) is 0 Å². The van der Waals surface area contributed by atoms with Crippen LogP contribution in [0.4, 0.5) is 0 Å². The Bertz CT molecular complexity index is 666. The van der Waals surface area contributed by atoms with Gasteiger partial charge in [0, 0.05) is 18.6 Å². The maximum Gasteiger partial charge on any atom is 0.317 e. The molecule has 2 aliphatic carbocycles. The van der Waals surface area contributed by atoms with Crippen molar-refractivity contribution in [3.05, 3.63) is 29.3 Å². The Hall–Kier alpha value is -2.08. The SMILES string of the molecule is COc1cc(CC(=O)NC2CC(N(CC(=O)O)CC3CC3)C2)ccc1C. The van der Waals surface area contributed by atoms with E-state index >= 15 is 0 Å². The van der Waals surface area contributed by atoms with Gasteiger partial charge in [0.2, 0.25) is 5.91 Å². The second kappa shape index (κ2) is 8.08. The van der Waals surface area contributed by atoms with Crippen LogP contribution >= 0.6 is 0 Å². The molecule has 1 aromatic rings. The van der Waals surface area contributed by atoms with Crippen LogP contribution in [-0.4, -0.2) is 54.2 Å². The summed E-state index contributed by atoms with van der Waals surface area (Å²) in [5.41, 5.74) is 1.98. The number of amides is 1. The van der Waals surface area contributed by atoms with Crippen molar-refractivity contribution in [1.29, 1.82) is 0 Å². The minimum atomic E-state index is -0.772. The molecule has 1 amide bonds. The number of hydrogen-bond donors (Lipinski definition) is 2. The number of hydrogen-bond acceptors (Lipinski definition) is 4. The van der Waals surface area contributed by atoms with Gasteiger partial charge in [0.1, 0.15) is 5.75 Å². The summed E-state index contributed by atoms with van der Waals surface area (Å²) in [6.45, 7) is 2.95.